The van der Waals surface area contributed by atoms with Crippen molar-refractivity contribution in [3.8, 4) is 0 Å². The average molecular weight is 782 g/mol. The third-order valence-electron chi connectivity index (χ3n) is 17.2. The number of nitrogens with zero attached hydrogens (tertiary/aromatic N) is 6. The Balaban J connectivity index is 0.000000112. The zero-order valence-electron chi connectivity index (χ0n) is 33.4. The zero-order valence-corrected chi connectivity index (χ0v) is 34.6. The molecule has 0 aromatic rings. The third-order valence-corrected chi connectivity index (χ3v) is 17.2. The van der Waals surface area contributed by atoms with Crippen LogP contribution in [0.2, 0.25) is 0 Å². The summed E-state index contributed by atoms with van der Waals surface area (Å²) in [7, 11) is 0. The first-order valence-corrected chi connectivity index (χ1v) is 22.6. The maximum Gasteiger partial charge on any atom is 0.226 e. The second-order valence-corrected chi connectivity index (χ2v) is 20.2. The van der Waals surface area contributed by atoms with E-state index in [2.05, 4.69) is 29.1 Å². The maximum atomic E-state index is 6.88. The fourth-order valence-electron chi connectivity index (χ4n) is 14.2. The van der Waals surface area contributed by atoms with E-state index in [4.69, 9.17) is 39.4 Å². The van der Waals surface area contributed by atoms with E-state index < -0.39 is 0 Å². The van der Waals surface area contributed by atoms with Crippen molar-refractivity contribution in [2.24, 2.45) is 71.0 Å². The predicted octanol–water partition coefficient (Wildman–Crippen LogP) is 12.6. The standard InChI is InChI=1S/6C8H11N.Mn/c6*1-9-8-5-6-2-3-7(8)4-6;/h6*6-8H,2-5H2;. The van der Waals surface area contributed by atoms with Crippen LogP contribution in [0.4, 0.5) is 0 Å². The van der Waals surface area contributed by atoms with Crippen molar-refractivity contribution in [1.29, 1.82) is 0 Å². The van der Waals surface area contributed by atoms with Gasteiger partial charge in [0.25, 0.3) is 0 Å². The molecule has 18 unspecified atom stereocenters. The Morgan fingerprint density at radius 2 is 0.364 bits per heavy atom. The van der Waals surface area contributed by atoms with Crippen LogP contribution in [-0.4, -0.2) is 36.3 Å². The summed E-state index contributed by atoms with van der Waals surface area (Å²) < 4.78 is 0. The molecule has 0 aromatic carbocycles. The van der Waals surface area contributed by atoms with E-state index in [9.17, 15) is 0 Å². The molecule has 0 N–H and O–H groups in total. The Kier molecular flexibility index (Phi) is 15.1. The topological polar surface area (TPSA) is 26.2 Å². The average Bonchev–Trinajstić information content (AvgIpc) is 4.07. The van der Waals surface area contributed by atoms with Crippen molar-refractivity contribution >= 4 is 0 Å². The van der Waals surface area contributed by atoms with Crippen molar-refractivity contribution < 1.29 is 17.1 Å². The van der Waals surface area contributed by atoms with E-state index in [-0.39, 0.29) is 17.1 Å². The summed E-state index contributed by atoms with van der Waals surface area (Å²) in [5.41, 5.74) is 0. The third kappa shape index (κ3) is 10.1. The predicted molar refractivity (Wildman–Crippen MR) is 215 cm³/mol. The van der Waals surface area contributed by atoms with Gasteiger partial charge >= 0.3 is 0 Å². The smallest absolute Gasteiger partial charge is 0.226 e. The van der Waals surface area contributed by atoms with Gasteiger partial charge in [-0.05, 0) is 151 Å². The Morgan fingerprint density at radius 3 is 0.418 bits per heavy atom. The van der Waals surface area contributed by atoms with Gasteiger partial charge in [0.2, 0.25) is 36.3 Å². The number of fused-ring (bicyclic) bond motifs is 12. The molecule has 12 bridgehead atoms. The van der Waals surface area contributed by atoms with Gasteiger partial charge in [-0.2, -0.15) is 0 Å². The van der Waals surface area contributed by atoms with Crippen molar-refractivity contribution in [1.82, 2.24) is 0 Å². The molecule has 12 aliphatic rings. The quantitative estimate of drug-likeness (QED) is 0.173. The number of hydrogen-bond donors (Lipinski definition) is 0. The molecule has 7 heteroatoms. The van der Waals surface area contributed by atoms with E-state index >= 15 is 0 Å². The van der Waals surface area contributed by atoms with Crippen molar-refractivity contribution in [2.45, 2.75) is 190 Å². The maximum absolute atomic E-state index is 6.88. The molecule has 55 heavy (non-hydrogen) atoms. The van der Waals surface area contributed by atoms with Crippen LogP contribution < -0.4 is 0 Å². The molecule has 18 atom stereocenters. The van der Waals surface area contributed by atoms with Gasteiger partial charge in [-0.1, -0.05) is 0 Å². The Morgan fingerprint density at radius 1 is 0.218 bits per heavy atom. The van der Waals surface area contributed by atoms with Gasteiger partial charge in [0.1, 0.15) is 0 Å². The van der Waals surface area contributed by atoms with Crippen molar-refractivity contribution in [2.75, 3.05) is 0 Å². The SMILES string of the molecule is [C-]#[N+]C1CC2CCC1C2.[C-]#[N+]C1CC2CCC1C2.[C-]#[N+]C1CC2CCC1C2.[C-]#[N+]C1CC2CCC1C2.[C-]#[N+]C1CC2CCC1C2.[C-]#[N+]C1CC2CCC1C2.[Mn]. The molecular weight excluding hydrogens is 716 g/mol. The van der Waals surface area contributed by atoms with Crippen LogP contribution in [-0.2, 0) is 17.1 Å². The summed E-state index contributed by atoms with van der Waals surface area (Å²) >= 11 is 0. The molecule has 0 spiro atoms. The monoisotopic (exact) mass is 781 g/mol. The molecule has 0 amide bonds. The van der Waals surface area contributed by atoms with Crippen LogP contribution in [0.15, 0.2) is 0 Å². The second-order valence-electron chi connectivity index (χ2n) is 20.2. The van der Waals surface area contributed by atoms with E-state index in [0.29, 0.717) is 36.3 Å². The van der Waals surface area contributed by atoms with Gasteiger partial charge in [0.15, 0.2) is 0 Å². The van der Waals surface area contributed by atoms with Crippen LogP contribution >= 0.6 is 0 Å². The van der Waals surface area contributed by atoms with Gasteiger partial charge < -0.3 is 29.1 Å². The first-order chi connectivity index (χ1) is 26.4. The minimum atomic E-state index is 0. The summed E-state index contributed by atoms with van der Waals surface area (Å²) in [5, 5.41) is 0. The molecular formula is C48H66MnN6. The normalized spacial score (nSPS) is 46.4. The largest absolute Gasteiger partial charge is 0.313 e. The molecule has 1 radical (unpaired) electrons. The van der Waals surface area contributed by atoms with Crippen LogP contribution in [0.5, 0.6) is 0 Å². The first-order valence-electron chi connectivity index (χ1n) is 22.6. The Hall–Kier alpha value is -2.54. The molecule has 0 heterocycles. The Labute approximate surface area is 345 Å². The van der Waals surface area contributed by atoms with Crippen LogP contribution in [0, 0.1) is 110 Å². The van der Waals surface area contributed by atoms with Gasteiger partial charge in [-0.25, -0.2) is 39.4 Å². The van der Waals surface area contributed by atoms with Crippen LogP contribution in [0.25, 0.3) is 29.1 Å². The van der Waals surface area contributed by atoms with Crippen molar-refractivity contribution in [3.63, 3.8) is 0 Å². The fourth-order valence-corrected chi connectivity index (χ4v) is 14.2. The van der Waals surface area contributed by atoms with E-state index in [1.807, 2.05) is 0 Å². The number of rotatable bonds is 0. The summed E-state index contributed by atoms with van der Waals surface area (Å²) in [4.78, 5) is 21.7. The van der Waals surface area contributed by atoms with E-state index in [1.54, 1.807) is 0 Å². The van der Waals surface area contributed by atoms with E-state index in [0.717, 1.165) is 71.0 Å². The van der Waals surface area contributed by atoms with Gasteiger partial charge in [-0.15, -0.1) is 0 Å². The molecule has 12 saturated carbocycles. The summed E-state index contributed by atoms with van der Waals surface area (Å²) in [6.07, 6.45) is 32.1. The van der Waals surface area contributed by atoms with Gasteiger partial charge in [-0.3, -0.25) is 0 Å². The second kappa shape index (κ2) is 19.7. The summed E-state index contributed by atoms with van der Waals surface area (Å²) in [6, 6.07) is 2.52. The fraction of sp³-hybridized carbons (Fsp3) is 0.875. The van der Waals surface area contributed by atoms with Crippen LogP contribution in [0.1, 0.15) is 154 Å². The first kappa shape index (κ1) is 42.1. The zero-order chi connectivity index (χ0) is 37.6. The summed E-state index contributed by atoms with van der Waals surface area (Å²) in [5.74, 6) is 10.4. The molecule has 12 fully saturated rings. The van der Waals surface area contributed by atoms with E-state index in [1.165, 1.54) is 154 Å². The molecule has 295 valence electrons. The molecule has 0 aliphatic heterocycles. The molecule has 12 aliphatic carbocycles. The molecule has 6 nitrogen and oxygen atoms in total. The van der Waals surface area contributed by atoms with Crippen molar-refractivity contribution in [3.05, 3.63) is 68.5 Å². The minimum absolute atomic E-state index is 0. The van der Waals surface area contributed by atoms with Gasteiger partial charge in [0.05, 0.1) is 0 Å². The number of hydrogen-bond acceptors (Lipinski definition) is 0. The Bertz CT molecular complexity index is 1240. The molecule has 0 saturated heterocycles. The van der Waals surface area contributed by atoms with Gasteiger partial charge in [0, 0.05) is 91.1 Å². The molecule has 0 aromatic heterocycles. The van der Waals surface area contributed by atoms with Crippen LogP contribution in [0.3, 0.4) is 0 Å². The summed E-state index contributed by atoms with van der Waals surface area (Å²) in [6.45, 7) is 41.3. The minimum Gasteiger partial charge on any atom is -0.313 e. The molecule has 12 rings (SSSR count).